The van der Waals surface area contributed by atoms with Crippen LogP contribution in [-0.4, -0.2) is 6.79 Å². The molecule has 0 aromatic rings. The molecule has 0 spiro atoms. The number of carbonyl (C=O) groups excluding carboxylic acids is 1. The van der Waals surface area contributed by atoms with Gasteiger partial charge in [0.15, 0.2) is 0 Å². The summed E-state index contributed by atoms with van der Waals surface area (Å²) < 4.78 is 0. The molecule has 0 amide bonds. The zero-order chi connectivity index (χ0) is 2.00. The van der Waals surface area contributed by atoms with E-state index in [1.807, 2.05) is 6.79 Å². The van der Waals surface area contributed by atoms with Gasteiger partial charge in [0.25, 0.3) is 0 Å². The maximum absolute atomic E-state index is 8.00. The number of carbonyl (C=O) groups is 1. The molecule has 0 saturated heterocycles. The van der Waals surface area contributed by atoms with Crippen molar-refractivity contribution < 1.29 is 38.9 Å². The van der Waals surface area contributed by atoms with Crippen LogP contribution in [0.4, 0.5) is 0 Å². The maximum atomic E-state index is 8.00. The quantitative estimate of drug-likeness (QED) is 0.445. The van der Waals surface area contributed by atoms with Crippen LogP contribution in [0.5, 0.6) is 0 Å². The smallest absolute Gasteiger partial charge is 0.106 e. The van der Waals surface area contributed by atoms with E-state index in [-0.39, 0.29) is 34.1 Å². The summed E-state index contributed by atoms with van der Waals surface area (Å²) in [5.41, 5.74) is 0. The molecule has 0 saturated carbocycles. The first kappa shape index (κ1) is 22.2. The van der Waals surface area contributed by atoms with Gasteiger partial charge in [-0.2, -0.15) is 0 Å². The molecule has 3 heteroatoms. The van der Waals surface area contributed by atoms with E-state index in [4.69, 9.17) is 4.79 Å². The van der Waals surface area contributed by atoms with Gasteiger partial charge in [-0.05, 0) is 0 Å². The molecule has 0 aliphatic carbocycles. The van der Waals surface area contributed by atoms with Gasteiger partial charge in [0.05, 0.1) is 0 Å². The summed E-state index contributed by atoms with van der Waals surface area (Å²) in [6.45, 7) is 2.00. The number of rotatable bonds is 0. The Morgan fingerprint density at radius 1 is 1.00 bits per heavy atom. The molecule has 0 atom stereocenters. The maximum Gasteiger partial charge on any atom is 0.106 e. The standard InChI is InChI=1S/CH2O.2Cu/c1-2;;/h1H2;;. The molecule has 0 rings (SSSR count). The van der Waals surface area contributed by atoms with Crippen LogP contribution in [0, 0.1) is 0 Å². The van der Waals surface area contributed by atoms with Crippen molar-refractivity contribution in [2.24, 2.45) is 0 Å². The Balaban J connectivity index is -0.00000000500. The third kappa shape index (κ3) is 15.7. The fraction of sp³-hybridized carbons (Fsp3) is 0. The van der Waals surface area contributed by atoms with E-state index in [2.05, 4.69) is 0 Å². The minimum Gasteiger partial charge on any atom is -0.307 e. The zero-order valence-corrected chi connectivity index (χ0v) is 3.60. The van der Waals surface area contributed by atoms with E-state index < -0.39 is 0 Å². The molecule has 1 nitrogen and oxygen atoms in total. The van der Waals surface area contributed by atoms with Crippen molar-refractivity contribution in [1.29, 1.82) is 0 Å². The van der Waals surface area contributed by atoms with Gasteiger partial charge >= 0.3 is 0 Å². The van der Waals surface area contributed by atoms with Crippen LogP contribution in [-0.2, 0) is 38.9 Å². The predicted octanol–water partition coefficient (Wildman–Crippen LogP) is -0.190. The molecule has 0 aromatic heterocycles. The van der Waals surface area contributed by atoms with Crippen LogP contribution in [0.3, 0.4) is 0 Å². The van der Waals surface area contributed by atoms with E-state index in [0.29, 0.717) is 0 Å². The van der Waals surface area contributed by atoms with Gasteiger partial charge in [0, 0.05) is 34.1 Å². The van der Waals surface area contributed by atoms with Gasteiger partial charge < -0.3 is 4.79 Å². The second-order valence-corrected chi connectivity index (χ2v) is 0. The Kier molecular flexibility index (Phi) is 300. The van der Waals surface area contributed by atoms with Crippen molar-refractivity contribution in [2.75, 3.05) is 0 Å². The largest absolute Gasteiger partial charge is 0.307 e. The minimum absolute atomic E-state index is 0. The normalized spacial score (nSPS) is 1.00. The molecular formula is CH2Cu2O. The first-order valence-corrected chi connectivity index (χ1v) is 0.289. The molecule has 2 radical (unpaired) electrons. The van der Waals surface area contributed by atoms with Gasteiger partial charge in [0.1, 0.15) is 6.79 Å². The van der Waals surface area contributed by atoms with Crippen LogP contribution >= 0.6 is 0 Å². The summed E-state index contributed by atoms with van der Waals surface area (Å²) in [6, 6.07) is 0. The second kappa shape index (κ2) is 54.2. The SMILES string of the molecule is C=O.[Cu].[Cu]. The fourth-order valence-electron chi connectivity index (χ4n) is 0. The van der Waals surface area contributed by atoms with E-state index in [9.17, 15) is 0 Å². The number of hydrogen-bond donors (Lipinski definition) is 0. The van der Waals surface area contributed by atoms with E-state index in [1.54, 1.807) is 0 Å². The number of hydrogen-bond acceptors (Lipinski definition) is 1. The van der Waals surface area contributed by atoms with Crippen molar-refractivity contribution >= 4 is 6.79 Å². The van der Waals surface area contributed by atoms with Gasteiger partial charge in [-0.3, -0.25) is 0 Å². The average Bonchev–Trinajstić information content (AvgIpc) is 1.00. The van der Waals surface area contributed by atoms with Crippen LogP contribution in [0.15, 0.2) is 0 Å². The van der Waals surface area contributed by atoms with E-state index in [0.717, 1.165) is 0 Å². The molecule has 0 aliphatic heterocycles. The summed E-state index contributed by atoms with van der Waals surface area (Å²) in [6.07, 6.45) is 0. The summed E-state index contributed by atoms with van der Waals surface area (Å²) in [4.78, 5) is 8.00. The van der Waals surface area contributed by atoms with Gasteiger partial charge in [-0.15, -0.1) is 0 Å². The third-order valence-electron chi connectivity index (χ3n) is 0. The Morgan fingerprint density at radius 2 is 1.00 bits per heavy atom. The second-order valence-electron chi connectivity index (χ2n) is 0. The van der Waals surface area contributed by atoms with Crippen LogP contribution < -0.4 is 0 Å². The topological polar surface area (TPSA) is 17.1 Å². The van der Waals surface area contributed by atoms with Gasteiger partial charge in [-0.1, -0.05) is 0 Å². The fourth-order valence-corrected chi connectivity index (χ4v) is 0. The molecule has 0 aliphatic rings. The molecule has 0 unspecified atom stereocenters. The van der Waals surface area contributed by atoms with Gasteiger partial charge in [-0.25, -0.2) is 0 Å². The van der Waals surface area contributed by atoms with Crippen molar-refractivity contribution in [3.8, 4) is 0 Å². The summed E-state index contributed by atoms with van der Waals surface area (Å²) in [5, 5.41) is 0. The van der Waals surface area contributed by atoms with Crippen molar-refractivity contribution in [3.63, 3.8) is 0 Å². The Morgan fingerprint density at radius 3 is 1.00 bits per heavy atom. The zero-order valence-electron chi connectivity index (χ0n) is 1.72. The summed E-state index contributed by atoms with van der Waals surface area (Å²) >= 11 is 0. The molecule has 0 aromatic carbocycles. The van der Waals surface area contributed by atoms with Crippen molar-refractivity contribution in [1.82, 2.24) is 0 Å². The Labute approximate surface area is 46.1 Å². The summed E-state index contributed by atoms with van der Waals surface area (Å²) in [7, 11) is 0. The molecule has 34 valence electrons. The van der Waals surface area contributed by atoms with Crippen LogP contribution in [0.25, 0.3) is 0 Å². The minimum atomic E-state index is 0. The molecule has 0 fully saturated rings. The Hall–Kier alpha value is 0.709. The molecule has 0 heterocycles. The predicted molar refractivity (Wildman–Crippen MR) is 7.12 cm³/mol. The van der Waals surface area contributed by atoms with Crippen molar-refractivity contribution in [3.05, 3.63) is 0 Å². The van der Waals surface area contributed by atoms with Crippen molar-refractivity contribution in [2.45, 2.75) is 0 Å². The third-order valence-corrected chi connectivity index (χ3v) is 0. The Bertz CT molecular complexity index is 6.00. The summed E-state index contributed by atoms with van der Waals surface area (Å²) in [5.74, 6) is 0. The monoisotopic (exact) mass is 156 g/mol. The van der Waals surface area contributed by atoms with Crippen LogP contribution in [0.2, 0.25) is 0 Å². The average molecular weight is 157 g/mol. The molecular weight excluding hydrogens is 155 g/mol. The van der Waals surface area contributed by atoms with Crippen LogP contribution in [0.1, 0.15) is 0 Å². The first-order valence-electron chi connectivity index (χ1n) is 0.289. The van der Waals surface area contributed by atoms with Gasteiger partial charge in [0.2, 0.25) is 0 Å². The van der Waals surface area contributed by atoms with E-state index >= 15 is 0 Å². The van der Waals surface area contributed by atoms with E-state index in [1.165, 1.54) is 0 Å². The molecule has 4 heavy (non-hydrogen) atoms. The first-order chi connectivity index (χ1) is 1.00. The molecule has 0 bridgehead atoms. The molecule has 0 N–H and O–H groups in total.